The lowest BCUT2D eigenvalue weighted by atomic mass is 9.95. The Morgan fingerprint density at radius 2 is 1.62 bits per heavy atom. The molecule has 1 rings (SSSR count). The predicted octanol–water partition coefficient (Wildman–Crippen LogP) is 3.89. The maximum atomic E-state index is 12.5. The van der Waals surface area contributed by atoms with Crippen molar-refractivity contribution in [2.45, 2.75) is 20.8 Å². The molecule has 0 N–H and O–H groups in total. The largest absolute Gasteiger partial charge is 0.207 e. The minimum Gasteiger partial charge on any atom is -0.207 e. The number of rotatable bonds is 1. The Morgan fingerprint density at radius 3 is 2.08 bits per heavy atom. The average Bonchev–Trinajstić information content (AvgIpc) is 2.02. The van der Waals surface area contributed by atoms with Crippen LogP contribution in [0.15, 0.2) is 30.3 Å². The quantitative estimate of drug-likeness (QED) is 0.612. The summed E-state index contributed by atoms with van der Waals surface area (Å²) < 4.78 is 12.5. The van der Waals surface area contributed by atoms with Crippen LogP contribution in [0.5, 0.6) is 0 Å². The minimum atomic E-state index is -0.187. The fraction of sp³-hybridized carbons (Fsp3) is 0.333. The molecule has 0 atom stereocenters. The summed E-state index contributed by atoms with van der Waals surface area (Å²) in [6.07, 6.45) is 4.12. The zero-order valence-electron chi connectivity index (χ0n) is 8.34. The van der Waals surface area contributed by atoms with E-state index in [1.54, 1.807) is 12.1 Å². The maximum Gasteiger partial charge on any atom is 0.123 e. The second-order valence-corrected chi connectivity index (χ2v) is 4.25. The summed E-state index contributed by atoms with van der Waals surface area (Å²) in [5.74, 6) is -0.187. The molecule has 0 aromatic heterocycles. The molecule has 0 aliphatic rings. The van der Waals surface area contributed by atoms with Gasteiger partial charge in [-0.2, -0.15) is 0 Å². The number of allylic oxidation sites excluding steroid dienone is 1. The SMILES string of the molecule is CC(C)(C)/C=C/c1ccc(F)cc1. The molecule has 0 heterocycles. The van der Waals surface area contributed by atoms with Crippen molar-refractivity contribution in [3.63, 3.8) is 0 Å². The maximum absolute atomic E-state index is 12.5. The molecule has 13 heavy (non-hydrogen) atoms. The molecule has 0 fully saturated rings. The summed E-state index contributed by atoms with van der Waals surface area (Å²) in [7, 11) is 0. The third kappa shape index (κ3) is 3.88. The molecule has 1 heteroatoms. The summed E-state index contributed by atoms with van der Waals surface area (Å²) in [6, 6.07) is 6.50. The molecule has 0 saturated carbocycles. The van der Waals surface area contributed by atoms with Gasteiger partial charge in [-0.25, -0.2) is 4.39 Å². The highest BCUT2D eigenvalue weighted by atomic mass is 19.1. The van der Waals surface area contributed by atoms with Gasteiger partial charge in [0.2, 0.25) is 0 Å². The van der Waals surface area contributed by atoms with Crippen molar-refractivity contribution >= 4 is 6.08 Å². The van der Waals surface area contributed by atoms with Gasteiger partial charge in [0, 0.05) is 0 Å². The Bertz CT molecular complexity index is 288. The van der Waals surface area contributed by atoms with E-state index in [2.05, 4.69) is 26.8 Å². The molecule has 0 saturated heterocycles. The lowest BCUT2D eigenvalue weighted by Crippen LogP contribution is -1.97. The standard InChI is InChI=1S/C12H15F/c1-12(2,3)9-8-10-4-6-11(13)7-5-10/h4-9H,1-3H3/b9-8+. The Hall–Kier alpha value is -1.11. The van der Waals surface area contributed by atoms with E-state index >= 15 is 0 Å². The molecule has 0 spiro atoms. The predicted molar refractivity (Wildman–Crippen MR) is 54.9 cm³/mol. The number of halogens is 1. The Balaban J connectivity index is 2.75. The molecule has 0 aliphatic heterocycles. The number of hydrogen-bond donors (Lipinski definition) is 0. The van der Waals surface area contributed by atoms with Crippen LogP contribution in [0, 0.1) is 11.2 Å². The summed E-state index contributed by atoms with van der Waals surface area (Å²) in [6.45, 7) is 6.40. The lowest BCUT2D eigenvalue weighted by Gasteiger charge is -2.10. The minimum absolute atomic E-state index is 0.175. The van der Waals surface area contributed by atoms with E-state index in [0.29, 0.717) is 0 Å². The smallest absolute Gasteiger partial charge is 0.123 e. The first-order valence-corrected chi connectivity index (χ1v) is 4.42. The van der Waals surface area contributed by atoms with Crippen LogP contribution in [0.1, 0.15) is 26.3 Å². The normalized spacial score (nSPS) is 12.3. The molecule has 1 aromatic rings. The van der Waals surface area contributed by atoms with E-state index in [4.69, 9.17) is 0 Å². The molecular formula is C12H15F. The zero-order valence-corrected chi connectivity index (χ0v) is 8.34. The van der Waals surface area contributed by atoms with Crippen LogP contribution in [0.4, 0.5) is 4.39 Å². The second-order valence-electron chi connectivity index (χ2n) is 4.25. The average molecular weight is 178 g/mol. The van der Waals surface area contributed by atoms with Crippen molar-refractivity contribution < 1.29 is 4.39 Å². The molecule has 1 aromatic carbocycles. The molecule has 0 radical (unpaired) electrons. The van der Waals surface area contributed by atoms with E-state index < -0.39 is 0 Å². The first kappa shape index (κ1) is 9.97. The van der Waals surface area contributed by atoms with E-state index in [-0.39, 0.29) is 11.2 Å². The van der Waals surface area contributed by atoms with Gasteiger partial charge < -0.3 is 0 Å². The van der Waals surface area contributed by atoms with Crippen LogP contribution in [0.2, 0.25) is 0 Å². The Labute approximate surface area is 79.1 Å². The van der Waals surface area contributed by atoms with Gasteiger partial charge in [0.15, 0.2) is 0 Å². The van der Waals surface area contributed by atoms with Gasteiger partial charge in [-0.15, -0.1) is 0 Å². The lowest BCUT2D eigenvalue weighted by molar-refractivity contribution is 0.547. The van der Waals surface area contributed by atoms with Gasteiger partial charge in [0.05, 0.1) is 0 Å². The van der Waals surface area contributed by atoms with Crippen LogP contribution in [0.25, 0.3) is 6.08 Å². The van der Waals surface area contributed by atoms with E-state index in [1.807, 2.05) is 6.08 Å². The third-order valence-corrected chi connectivity index (χ3v) is 1.65. The van der Waals surface area contributed by atoms with Crippen LogP contribution >= 0.6 is 0 Å². The molecule has 70 valence electrons. The van der Waals surface area contributed by atoms with Gasteiger partial charge in [-0.3, -0.25) is 0 Å². The summed E-state index contributed by atoms with van der Waals surface area (Å²) in [5.41, 5.74) is 1.21. The van der Waals surface area contributed by atoms with Crippen molar-refractivity contribution in [1.82, 2.24) is 0 Å². The molecule has 0 aliphatic carbocycles. The van der Waals surface area contributed by atoms with Crippen molar-refractivity contribution in [2.75, 3.05) is 0 Å². The van der Waals surface area contributed by atoms with Crippen molar-refractivity contribution in [2.24, 2.45) is 5.41 Å². The first-order chi connectivity index (χ1) is 5.97. The zero-order chi connectivity index (χ0) is 9.90. The van der Waals surface area contributed by atoms with Gasteiger partial charge in [-0.05, 0) is 23.1 Å². The van der Waals surface area contributed by atoms with E-state index in [9.17, 15) is 4.39 Å². The van der Waals surface area contributed by atoms with Crippen molar-refractivity contribution in [1.29, 1.82) is 0 Å². The monoisotopic (exact) mass is 178 g/mol. The summed E-state index contributed by atoms with van der Waals surface area (Å²) in [5, 5.41) is 0. The van der Waals surface area contributed by atoms with E-state index in [1.165, 1.54) is 12.1 Å². The van der Waals surface area contributed by atoms with Gasteiger partial charge in [-0.1, -0.05) is 45.1 Å². The van der Waals surface area contributed by atoms with Gasteiger partial charge >= 0.3 is 0 Å². The van der Waals surface area contributed by atoms with Crippen molar-refractivity contribution in [3.05, 3.63) is 41.7 Å². The topological polar surface area (TPSA) is 0 Å². The van der Waals surface area contributed by atoms with Crippen LogP contribution in [-0.2, 0) is 0 Å². The van der Waals surface area contributed by atoms with Crippen molar-refractivity contribution in [3.8, 4) is 0 Å². The summed E-state index contributed by atoms with van der Waals surface area (Å²) >= 11 is 0. The first-order valence-electron chi connectivity index (χ1n) is 4.42. The van der Waals surface area contributed by atoms with E-state index in [0.717, 1.165) is 5.56 Å². The summed E-state index contributed by atoms with van der Waals surface area (Å²) in [4.78, 5) is 0. The Kier molecular flexibility index (Phi) is 2.86. The highest BCUT2D eigenvalue weighted by Crippen LogP contribution is 2.17. The number of benzene rings is 1. The van der Waals surface area contributed by atoms with Crippen LogP contribution in [0.3, 0.4) is 0 Å². The van der Waals surface area contributed by atoms with Crippen LogP contribution < -0.4 is 0 Å². The highest BCUT2D eigenvalue weighted by molar-refractivity contribution is 5.49. The second kappa shape index (κ2) is 3.73. The molecule has 0 unspecified atom stereocenters. The molecular weight excluding hydrogens is 163 g/mol. The highest BCUT2D eigenvalue weighted by Gasteiger charge is 2.02. The fourth-order valence-corrected chi connectivity index (χ4v) is 0.920. The molecule has 0 nitrogen and oxygen atoms in total. The third-order valence-electron chi connectivity index (χ3n) is 1.65. The van der Waals surface area contributed by atoms with Crippen LogP contribution in [-0.4, -0.2) is 0 Å². The molecule has 0 amide bonds. The fourth-order valence-electron chi connectivity index (χ4n) is 0.920. The van der Waals surface area contributed by atoms with Gasteiger partial charge in [0.1, 0.15) is 5.82 Å². The molecule has 0 bridgehead atoms. The Morgan fingerprint density at radius 1 is 1.08 bits per heavy atom. The number of hydrogen-bond acceptors (Lipinski definition) is 0. The van der Waals surface area contributed by atoms with Gasteiger partial charge in [0.25, 0.3) is 0 Å².